The van der Waals surface area contributed by atoms with Crippen LogP contribution in [0.2, 0.25) is 0 Å². The molecule has 0 spiro atoms. The Labute approximate surface area is 171 Å². The number of esters is 1. The second kappa shape index (κ2) is 9.74. The highest BCUT2D eigenvalue weighted by Gasteiger charge is 2.12. The largest absolute Gasteiger partial charge is 0.465 e. The number of carbonyl (C=O) groups excluding carboxylic acids is 2. The summed E-state index contributed by atoms with van der Waals surface area (Å²) in [5.74, 6) is -0.592. The molecule has 1 heterocycles. The lowest BCUT2D eigenvalue weighted by Crippen LogP contribution is -2.20. The van der Waals surface area contributed by atoms with Crippen LogP contribution in [0, 0.1) is 0 Å². The topological polar surface area (TPSA) is 106 Å². The number of hydrogen-bond donors (Lipinski definition) is 2. The van der Waals surface area contributed by atoms with Crippen LogP contribution in [0.25, 0.3) is 0 Å². The van der Waals surface area contributed by atoms with E-state index >= 15 is 0 Å². The molecule has 0 aliphatic heterocycles. The zero-order chi connectivity index (χ0) is 20.6. The molecule has 0 aliphatic rings. The van der Waals surface area contributed by atoms with Crippen molar-refractivity contribution in [3.63, 3.8) is 0 Å². The molecule has 150 valence electrons. The van der Waals surface area contributed by atoms with Crippen LogP contribution < -0.4 is 11.0 Å². The fourth-order valence-corrected chi connectivity index (χ4v) is 3.40. The van der Waals surface area contributed by atoms with Gasteiger partial charge in [-0.15, -0.1) is 5.10 Å². The summed E-state index contributed by atoms with van der Waals surface area (Å²) in [7, 11) is 1.31. The van der Waals surface area contributed by atoms with Gasteiger partial charge < -0.3 is 10.1 Å². The number of carbonyl (C=O) groups is 2. The van der Waals surface area contributed by atoms with Gasteiger partial charge in [0.2, 0.25) is 5.91 Å². The zero-order valence-electron chi connectivity index (χ0n) is 15.8. The number of rotatable bonds is 8. The predicted molar refractivity (Wildman–Crippen MR) is 110 cm³/mol. The molecule has 0 fully saturated rings. The summed E-state index contributed by atoms with van der Waals surface area (Å²) in [6, 6.07) is 16.2. The average molecular weight is 412 g/mol. The molecule has 0 bridgehead atoms. The van der Waals surface area contributed by atoms with Crippen LogP contribution >= 0.6 is 11.8 Å². The van der Waals surface area contributed by atoms with Gasteiger partial charge in [0, 0.05) is 12.2 Å². The second-order valence-electron chi connectivity index (χ2n) is 6.10. The number of aryl methyl sites for hydroxylation is 1. The van der Waals surface area contributed by atoms with E-state index in [4.69, 9.17) is 0 Å². The van der Waals surface area contributed by atoms with Crippen LogP contribution in [0.4, 0.5) is 5.69 Å². The minimum atomic E-state index is -0.439. The normalized spacial score (nSPS) is 10.5. The first kappa shape index (κ1) is 20.4. The van der Waals surface area contributed by atoms with Crippen LogP contribution in [-0.2, 0) is 22.5 Å². The quantitative estimate of drug-likeness (QED) is 0.434. The lowest BCUT2D eigenvalue weighted by molar-refractivity contribution is -0.113. The van der Waals surface area contributed by atoms with Crippen LogP contribution in [-0.4, -0.2) is 39.5 Å². The third-order valence-electron chi connectivity index (χ3n) is 4.11. The Hall–Kier alpha value is -3.33. The summed E-state index contributed by atoms with van der Waals surface area (Å²) in [6.45, 7) is 0.471. The molecule has 8 nitrogen and oxygen atoms in total. The molecule has 0 saturated carbocycles. The fourth-order valence-electron chi connectivity index (χ4n) is 2.63. The highest BCUT2D eigenvalue weighted by Crippen LogP contribution is 2.16. The number of aromatic amines is 1. The molecule has 0 radical (unpaired) electrons. The van der Waals surface area contributed by atoms with Crippen molar-refractivity contribution in [2.75, 3.05) is 18.2 Å². The molecule has 2 aromatic carbocycles. The third kappa shape index (κ3) is 5.58. The molecule has 2 N–H and O–H groups in total. The number of hydrogen-bond acceptors (Lipinski definition) is 6. The van der Waals surface area contributed by atoms with E-state index in [-0.39, 0.29) is 17.3 Å². The van der Waals surface area contributed by atoms with E-state index in [0.717, 1.165) is 5.56 Å². The van der Waals surface area contributed by atoms with Gasteiger partial charge in [0.1, 0.15) is 0 Å². The Kier molecular flexibility index (Phi) is 6.85. The highest BCUT2D eigenvalue weighted by molar-refractivity contribution is 7.99. The average Bonchev–Trinajstić information content (AvgIpc) is 3.11. The summed E-state index contributed by atoms with van der Waals surface area (Å²) in [4.78, 5) is 35.6. The van der Waals surface area contributed by atoms with Crippen molar-refractivity contribution in [1.82, 2.24) is 14.8 Å². The maximum atomic E-state index is 12.2. The first-order valence-corrected chi connectivity index (χ1v) is 9.85. The lowest BCUT2D eigenvalue weighted by Gasteiger charge is -2.07. The monoisotopic (exact) mass is 412 g/mol. The third-order valence-corrected chi connectivity index (χ3v) is 5.09. The summed E-state index contributed by atoms with van der Waals surface area (Å²) in [6.07, 6.45) is 0.687. The number of nitrogens with one attached hydrogen (secondary N) is 2. The summed E-state index contributed by atoms with van der Waals surface area (Å²) < 4.78 is 6.16. The van der Waals surface area contributed by atoms with Gasteiger partial charge >= 0.3 is 11.7 Å². The number of H-pyrrole nitrogens is 1. The molecule has 0 saturated heterocycles. The van der Waals surface area contributed by atoms with E-state index in [1.807, 2.05) is 30.3 Å². The van der Waals surface area contributed by atoms with Crippen LogP contribution in [0.5, 0.6) is 0 Å². The first-order chi connectivity index (χ1) is 14.1. The number of nitrogens with zero attached hydrogens (tertiary/aromatic N) is 2. The number of thioether (sulfide) groups is 1. The predicted octanol–water partition coefficient (Wildman–Crippen LogP) is 2.33. The zero-order valence-corrected chi connectivity index (χ0v) is 16.6. The Balaban J connectivity index is 1.55. The van der Waals surface area contributed by atoms with Gasteiger partial charge in [-0.1, -0.05) is 42.1 Å². The maximum Gasteiger partial charge on any atom is 0.343 e. The first-order valence-electron chi connectivity index (χ1n) is 8.87. The van der Waals surface area contributed by atoms with Crippen molar-refractivity contribution < 1.29 is 14.3 Å². The summed E-state index contributed by atoms with van der Waals surface area (Å²) in [5, 5.41) is 9.64. The Morgan fingerprint density at radius 3 is 2.55 bits per heavy atom. The second-order valence-corrected chi connectivity index (χ2v) is 7.05. The van der Waals surface area contributed by atoms with Gasteiger partial charge in [0.15, 0.2) is 5.16 Å². The number of amides is 1. The maximum absolute atomic E-state index is 12.2. The number of aromatic nitrogens is 3. The molecule has 1 amide bonds. The number of ether oxygens (including phenoxy) is 1. The number of anilines is 1. The Morgan fingerprint density at radius 2 is 1.86 bits per heavy atom. The van der Waals surface area contributed by atoms with E-state index in [1.54, 1.807) is 24.3 Å². The Bertz CT molecular complexity index is 1030. The van der Waals surface area contributed by atoms with Gasteiger partial charge in [-0.25, -0.2) is 14.7 Å². The minimum absolute atomic E-state index is 0.0917. The standard InChI is InChI=1S/C20H20N4O4S/c1-28-18(26)15-7-9-16(10-8-15)21-17(25)13-29-20-23-22-19(27)24(20)12-11-14-5-3-2-4-6-14/h2-10H,11-13H2,1H3,(H,21,25)(H,22,27). The van der Waals surface area contributed by atoms with E-state index in [0.29, 0.717) is 29.4 Å². The smallest absolute Gasteiger partial charge is 0.343 e. The van der Waals surface area contributed by atoms with Crippen molar-refractivity contribution >= 4 is 29.3 Å². The highest BCUT2D eigenvalue weighted by atomic mass is 32.2. The van der Waals surface area contributed by atoms with E-state index in [2.05, 4.69) is 20.3 Å². The van der Waals surface area contributed by atoms with Gasteiger partial charge in [-0.3, -0.25) is 9.36 Å². The molecule has 0 atom stereocenters. The molecule has 9 heteroatoms. The Morgan fingerprint density at radius 1 is 1.14 bits per heavy atom. The van der Waals surface area contributed by atoms with Gasteiger partial charge in [-0.2, -0.15) is 0 Å². The van der Waals surface area contributed by atoms with Crippen LogP contribution in [0.15, 0.2) is 64.5 Å². The van der Waals surface area contributed by atoms with E-state index in [9.17, 15) is 14.4 Å². The number of methoxy groups -OCH3 is 1. The summed E-state index contributed by atoms with van der Waals surface area (Å²) >= 11 is 1.18. The SMILES string of the molecule is COC(=O)c1ccc(NC(=O)CSc2n[nH]c(=O)n2CCc2ccccc2)cc1. The number of benzene rings is 2. The minimum Gasteiger partial charge on any atom is -0.465 e. The van der Waals surface area contributed by atoms with Crippen molar-refractivity contribution in [2.24, 2.45) is 0 Å². The van der Waals surface area contributed by atoms with Crippen molar-refractivity contribution in [3.8, 4) is 0 Å². The van der Waals surface area contributed by atoms with Gasteiger partial charge in [0.05, 0.1) is 18.4 Å². The van der Waals surface area contributed by atoms with Crippen molar-refractivity contribution in [1.29, 1.82) is 0 Å². The molecule has 3 rings (SSSR count). The van der Waals surface area contributed by atoms with Crippen LogP contribution in [0.3, 0.4) is 0 Å². The molecule has 1 aromatic heterocycles. The molecular formula is C20H20N4O4S. The molecule has 0 unspecified atom stereocenters. The molecule has 29 heavy (non-hydrogen) atoms. The molecule has 3 aromatic rings. The lowest BCUT2D eigenvalue weighted by atomic mass is 10.1. The fraction of sp³-hybridized carbons (Fsp3) is 0.200. The van der Waals surface area contributed by atoms with Gasteiger partial charge in [-0.05, 0) is 36.2 Å². The van der Waals surface area contributed by atoms with E-state index in [1.165, 1.54) is 23.4 Å². The van der Waals surface area contributed by atoms with E-state index < -0.39 is 5.97 Å². The van der Waals surface area contributed by atoms with Gasteiger partial charge in [0.25, 0.3) is 0 Å². The molecular weight excluding hydrogens is 392 g/mol. The van der Waals surface area contributed by atoms with Crippen molar-refractivity contribution in [2.45, 2.75) is 18.1 Å². The van der Waals surface area contributed by atoms with Crippen molar-refractivity contribution in [3.05, 3.63) is 76.2 Å². The van der Waals surface area contributed by atoms with Crippen LogP contribution in [0.1, 0.15) is 15.9 Å². The summed E-state index contributed by atoms with van der Waals surface area (Å²) in [5.41, 5.74) is 1.78. The molecule has 0 aliphatic carbocycles.